The van der Waals surface area contributed by atoms with Crippen LogP contribution in [0.25, 0.3) is 0 Å². The van der Waals surface area contributed by atoms with Gasteiger partial charge < -0.3 is 47.0 Å². The van der Waals surface area contributed by atoms with Gasteiger partial charge in [0.15, 0.2) is 0 Å². The Labute approximate surface area is 473 Å². The third-order valence-corrected chi connectivity index (χ3v) is 19.1. The molecule has 2 aliphatic heterocycles. The average molecular weight is 1100 g/mol. The Morgan fingerprint density at radius 3 is 1.69 bits per heavy atom. The van der Waals surface area contributed by atoms with Crippen LogP contribution in [0, 0.1) is 17.3 Å². The van der Waals surface area contributed by atoms with Crippen molar-refractivity contribution in [2.75, 3.05) is 26.8 Å². The molecule has 3 unspecified atom stereocenters. The summed E-state index contributed by atoms with van der Waals surface area (Å²) in [7, 11) is 1.37. The topological polar surface area (TPSA) is 210 Å². The molecule has 2 heterocycles. The van der Waals surface area contributed by atoms with Gasteiger partial charge in [0.2, 0.25) is 35.4 Å². The molecule has 424 valence electrons. The van der Waals surface area contributed by atoms with Crippen LogP contribution in [-0.2, 0) is 48.0 Å². The van der Waals surface area contributed by atoms with Crippen LogP contribution in [0.1, 0.15) is 128 Å². The Morgan fingerprint density at radius 2 is 1.15 bits per heavy atom. The molecule has 2 aliphatic carbocycles. The number of likely N-dealkylation sites (tertiary alicyclic amines) is 1. The van der Waals surface area contributed by atoms with Gasteiger partial charge in [-0.3, -0.25) is 33.6 Å². The maximum atomic E-state index is 14.7. The van der Waals surface area contributed by atoms with E-state index in [2.05, 4.69) is 80.4 Å². The summed E-state index contributed by atoms with van der Waals surface area (Å²) >= 11 is 0. The first-order valence-corrected chi connectivity index (χ1v) is 31.9. The Kier molecular flexibility index (Phi) is 18.8. The van der Waals surface area contributed by atoms with Crippen LogP contribution in [0.2, 0.25) is 19.1 Å². The van der Waals surface area contributed by atoms with Gasteiger partial charge in [-0.15, -0.1) is 0 Å². The minimum Gasteiger partial charge on any atom is -0.348 e. The molecular formula is C63H81N9O7Si. The molecule has 2 saturated heterocycles. The average Bonchev–Trinajstić information content (AvgIpc) is 4.10. The zero-order valence-corrected chi connectivity index (χ0v) is 49.0. The van der Waals surface area contributed by atoms with Crippen molar-refractivity contribution < 1.29 is 33.6 Å². The fraction of sp³-hybridized carbons (Fsp3) is 0.476. The standard InChI is InChI=1S/C63H81N9O7Si/c1-39(64-6)56(73)69-52(61(78)72-38-80(8,9)37-54(72)60(77)68-51-23-15-19-45-17-11-13-21-49(45)51)34-43-28-26-41(27-29-43)24-25-42-30-32-46(33-31-42)58(75)66-47-35-53(59(76)67-50-22-14-18-44-16-10-12-20-48(44)50)71(36-47)62(79)55(63(3,4)5)70-57(74)40(2)65-7/h10-13,16-17,20-21,26-33,39-40,47,50-55,64-65H,14-15,18-19,22-23,34-38H2,1-9H3,(H,66,75)(H,67,76)(H,68,77)(H,69,73)(H,70,74)/t39-,40-,47-,50?,51?,52?,53-,54-,55+/m0/s1. The lowest BCUT2D eigenvalue weighted by Gasteiger charge is -2.36. The van der Waals surface area contributed by atoms with E-state index in [0.717, 1.165) is 60.8 Å². The van der Waals surface area contributed by atoms with Crippen LogP contribution in [0.15, 0.2) is 97.1 Å². The minimum absolute atomic E-state index is 0.0747. The molecule has 0 saturated carbocycles. The smallest absolute Gasteiger partial charge is 0.251 e. The fourth-order valence-corrected chi connectivity index (χ4v) is 14.5. The van der Waals surface area contributed by atoms with Gasteiger partial charge in [0, 0.05) is 41.9 Å². The van der Waals surface area contributed by atoms with Crippen molar-refractivity contribution in [1.82, 2.24) is 47.0 Å². The van der Waals surface area contributed by atoms with Crippen molar-refractivity contribution in [1.29, 1.82) is 0 Å². The van der Waals surface area contributed by atoms with Crippen molar-refractivity contribution in [3.8, 4) is 11.8 Å². The lowest BCUT2D eigenvalue weighted by atomic mass is 9.85. The molecule has 4 aromatic rings. The monoisotopic (exact) mass is 1100 g/mol. The maximum absolute atomic E-state index is 14.7. The van der Waals surface area contributed by atoms with E-state index in [-0.39, 0.29) is 66.9 Å². The fourth-order valence-electron chi connectivity index (χ4n) is 11.6. The number of likely N-dealkylation sites (N-methyl/N-ethyl adjacent to an activating group) is 2. The number of hydrogen-bond acceptors (Lipinski definition) is 9. The van der Waals surface area contributed by atoms with Crippen LogP contribution in [-0.4, -0.2) is 128 Å². The minimum atomic E-state index is -1.99. The highest BCUT2D eigenvalue weighted by Crippen LogP contribution is 2.34. The molecule has 0 spiro atoms. The molecular weight excluding hydrogens is 1020 g/mol. The summed E-state index contributed by atoms with van der Waals surface area (Å²) in [5.41, 5.74) is 6.53. The lowest BCUT2D eigenvalue weighted by molar-refractivity contribution is -0.144. The number of amides is 7. The summed E-state index contributed by atoms with van der Waals surface area (Å²) in [4.78, 5) is 101. The van der Waals surface area contributed by atoms with Crippen LogP contribution >= 0.6 is 0 Å². The molecule has 16 nitrogen and oxygen atoms in total. The molecule has 0 aromatic heterocycles. The summed E-state index contributed by atoms with van der Waals surface area (Å²) < 4.78 is 0. The molecule has 7 N–H and O–H groups in total. The van der Waals surface area contributed by atoms with Gasteiger partial charge in [-0.2, -0.15) is 0 Å². The molecule has 4 aromatic carbocycles. The quantitative estimate of drug-likeness (QED) is 0.0565. The van der Waals surface area contributed by atoms with E-state index in [9.17, 15) is 33.6 Å². The van der Waals surface area contributed by atoms with Gasteiger partial charge in [-0.25, -0.2) is 0 Å². The maximum Gasteiger partial charge on any atom is 0.251 e. The molecule has 80 heavy (non-hydrogen) atoms. The Hall–Kier alpha value is -7.13. The van der Waals surface area contributed by atoms with Crippen molar-refractivity contribution in [3.63, 3.8) is 0 Å². The third-order valence-electron chi connectivity index (χ3n) is 16.5. The predicted octanol–water partition coefficient (Wildman–Crippen LogP) is 5.41. The molecule has 9 atom stereocenters. The van der Waals surface area contributed by atoms with Gasteiger partial charge in [0.1, 0.15) is 24.2 Å². The van der Waals surface area contributed by atoms with Gasteiger partial charge in [-0.05, 0) is 149 Å². The number of benzene rings is 4. The van der Waals surface area contributed by atoms with E-state index < -0.39 is 61.7 Å². The molecule has 0 bridgehead atoms. The zero-order chi connectivity index (χ0) is 57.5. The first kappa shape index (κ1) is 59.0. The van der Waals surface area contributed by atoms with Crippen molar-refractivity contribution in [3.05, 3.63) is 142 Å². The van der Waals surface area contributed by atoms with Crippen molar-refractivity contribution >= 4 is 49.4 Å². The summed E-state index contributed by atoms with van der Waals surface area (Å²) in [6.07, 6.45) is 6.31. The number of hydrogen-bond donors (Lipinski definition) is 7. The first-order chi connectivity index (χ1) is 38.1. The highest BCUT2D eigenvalue weighted by molar-refractivity contribution is 6.79. The summed E-state index contributed by atoms with van der Waals surface area (Å²) in [5.74, 6) is 4.24. The molecule has 0 radical (unpaired) electrons. The Morgan fingerprint density at radius 1 is 0.637 bits per heavy atom. The van der Waals surface area contributed by atoms with Crippen molar-refractivity contribution in [2.24, 2.45) is 5.41 Å². The summed E-state index contributed by atoms with van der Waals surface area (Å²) in [6, 6.07) is 26.0. The normalized spacial score (nSPS) is 21.7. The first-order valence-electron chi connectivity index (χ1n) is 28.5. The summed E-state index contributed by atoms with van der Waals surface area (Å²) in [6.45, 7) is 13.5. The van der Waals surface area contributed by atoms with Gasteiger partial charge in [-0.1, -0.05) is 106 Å². The Bertz CT molecular complexity index is 3000. The largest absolute Gasteiger partial charge is 0.348 e. The molecule has 2 fully saturated rings. The third kappa shape index (κ3) is 14.2. The number of carbonyl (C=O) groups excluding carboxylic acids is 7. The zero-order valence-electron chi connectivity index (χ0n) is 48.0. The van der Waals surface area contributed by atoms with E-state index in [1.807, 2.05) is 75.4 Å². The van der Waals surface area contributed by atoms with Crippen LogP contribution in [0.5, 0.6) is 0 Å². The Balaban J connectivity index is 0.926. The van der Waals surface area contributed by atoms with Crippen molar-refractivity contribution in [2.45, 2.75) is 159 Å². The van der Waals surface area contributed by atoms with E-state index in [0.29, 0.717) is 23.3 Å². The van der Waals surface area contributed by atoms with Gasteiger partial charge in [0.25, 0.3) is 5.91 Å². The molecule has 17 heteroatoms. The highest BCUT2D eigenvalue weighted by atomic mass is 28.3. The molecule has 7 amide bonds. The van der Waals surface area contributed by atoms with E-state index in [4.69, 9.17) is 0 Å². The SMILES string of the molecule is CN[C@@H](C)C(=O)NC(Cc1ccc(C#Cc2ccc(C(=O)N[C@H]3C[C@@H](C(=O)NC4CCCc5ccccc54)N(C(=O)[C@@H](NC(=O)[C@H](C)NC)C(C)(C)C)C3)cc2)cc1)C(=O)N1C[Si](C)(C)C[C@H]1C(=O)NC1CCCc2ccccc21. The molecule has 8 rings (SSSR count). The van der Waals surface area contributed by atoms with E-state index >= 15 is 0 Å². The van der Waals surface area contributed by atoms with Gasteiger partial charge in [0.05, 0.1) is 32.2 Å². The lowest BCUT2D eigenvalue weighted by Crippen LogP contribution is -2.59. The summed E-state index contributed by atoms with van der Waals surface area (Å²) in [5, 5.41) is 21.5. The second-order valence-electron chi connectivity index (χ2n) is 24.2. The number of nitrogens with zero attached hydrogens (tertiary/aromatic N) is 2. The number of aryl methyl sites for hydroxylation is 2. The van der Waals surface area contributed by atoms with Crippen LogP contribution in [0.3, 0.4) is 0 Å². The highest BCUT2D eigenvalue weighted by Gasteiger charge is 2.48. The number of rotatable bonds is 16. The number of carbonyl (C=O) groups is 7. The predicted molar refractivity (Wildman–Crippen MR) is 313 cm³/mol. The van der Waals surface area contributed by atoms with E-state index in [1.165, 1.54) is 16.0 Å². The van der Waals surface area contributed by atoms with Crippen LogP contribution in [0.4, 0.5) is 0 Å². The molecule has 4 aliphatic rings. The van der Waals surface area contributed by atoms with Gasteiger partial charge >= 0.3 is 0 Å². The second-order valence-corrected chi connectivity index (χ2v) is 29.2. The second kappa shape index (κ2) is 25.5. The van der Waals surface area contributed by atoms with E-state index in [1.54, 1.807) is 57.1 Å². The van der Waals surface area contributed by atoms with Crippen LogP contribution < -0.4 is 37.2 Å². The number of nitrogens with one attached hydrogen (secondary N) is 7. The number of fused-ring (bicyclic) bond motifs is 2.